The van der Waals surface area contributed by atoms with Crippen LogP contribution in [0, 0.1) is 0 Å². The number of rotatable bonds is 19. The molecular formula is C22H38N8O7. The van der Waals surface area contributed by atoms with Crippen molar-refractivity contribution >= 4 is 29.7 Å². The number of hydrogen-bond acceptors (Lipinski definition) is 9. The maximum atomic E-state index is 13.0. The van der Waals surface area contributed by atoms with E-state index in [4.69, 9.17) is 17.2 Å². The number of unbranched alkanes of at least 4 members (excludes halogenated alkanes) is 2. The van der Waals surface area contributed by atoms with E-state index < -0.39 is 60.2 Å². The molecule has 1 rings (SSSR count). The average Bonchev–Trinajstić information content (AvgIpc) is 3.35. The number of nitrogens with zero attached hydrogens (tertiary/aromatic N) is 1. The van der Waals surface area contributed by atoms with E-state index in [-0.39, 0.29) is 19.3 Å². The van der Waals surface area contributed by atoms with E-state index in [0.717, 1.165) is 0 Å². The molecule has 0 aromatic carbocycles. The summed E-state index contributed by atoms with van der Waals surface area (Å²) in [6.07, 6.45) is 4.58. The van der Waals surface area contributed by atoms with Gasteiger partial charge in [0.05, 0.1) is 18.8 Å². The zero-order valence-electron chi connectivity index (χ0n) is 20.7. The quantitative estimate of drug-likeness (QED) is 0.0853. The number of amides is 3. The molecule has 1 aromatic heterocycles. The molecule has 208 valence electrons. The van der Waals surface area contributed by atoms with E-state index in [0.29, 0.717) is 44.5 Å². The van der Waals surface area contributed by atoms with Crippen LogP contribution in [0.25, 0.3) is 0 Å². The lowest BCUT2D eigenvalue weighted by Gasteiger charge is -2.24. The third-order valence-corrected chi connectivity index (χ3v) is 5.49. The molecule has 0 saturated carbocycles. The van der Waals surface area contributed by atoms with Crippen molar-refractivity contribution in [1.82, 2.24) is 25.9 Å². The summed E-state index contributed by atoms with van der Waals surface area (Å²) in [4.78, 5) is 68.0. The number of carboxylic acid groups (broad SMARTS) is 2. The highest BCUT2D eigenvalue weighted by atomic mass is 16.4. The van der Waals surface area contributed by atoms with Gasteiger partial charge in [-0.25, -0.2) is 9.78 Å². The minimum absolute atomic E-state index is 0.0982. The van der Waals surface area contributed by atoms with Crippen LogP contribution in [0.5, 0.6) is 0 Å². The standard InChI is InChI=1S/C22H38N8O7/c23-7-3-1-5-14(25)19(33)29-17(10-18(31)32)21(35)30-16(9-13-11-26-12-27-13)20(34)28-15(22(36)37)6-2-4-8-24/h11-12,14-17H,1-10,23-25H2,(H,26,27)(H,28,34)(H,29,33)(H,30,35)(H,31,32)(H,36,37). The van der Waals surface area contributed by atoms with Gasteiger partial charge in [0, 0.05) is 18.3 Å². The number of hydrogen-bond donors (Lipinski definition) is 9. The van der Waals surface area contributed by atoms with Crippen molar-refractivity contribution < 1.29 is 34.2 Å². The first-order valence-corrected chi connectivity index (χ1v) is 12.1. The number of imidazole rings is 1. The number of H-pyrrole nitrogens is 1. The zero-order chi connectivity index (χ0) is 27.8. The second-order valence-corrected chi connectivity index (χ2v) is 8.58. The van der Waals surface area contributed by atoms with Crippen LogP contribution in [0.2, 0.25) is 0 Å². The van der Waals surface area contributed by atoms with Crippen molar-refractivity contribution in [3.8, 4) is 0 Å². The molecule has 0 saturated heterocycles. The minimum atomic E-state index is -1.53. The van der Waals surface area contributed by atoms with Crippen LogP contribution in [0.15, 0.2) is 12.5 Å². The third kappa shape index (κ3) is 12.3. The Labute approximate surface area is 214 Å². The monoisotopic (exact) mass is 526 g/mol. The molecule has 0 bridgehead atoms. The fourth-order valence-electron chi connectivity index (χ4n) is 3.42. The van der Waals surface area contributed by atoms with E-state index in [1.54, 1.807) is 0 Å². The minimum Gasteiger partial charge on any atom is -0.481 e. The Morgan fingerprint density at radius 1 is 0.838 bits per heavy atom. The lowest BCUT2D eigenvalue weighted by atomic mass is 10.1. The zero-order valence-corrected chi connectivity index (χ0v) is 20.7. The largest absolute Gasteiger partial charge is 0.481 e. The molecule has 0 aliphatic carbocycles. The molecule has 1 heterocycles. The summed E-state index contributed by atoms with van der Waals surface area (Å²) < 4.78 is 0. The van der Waals surface area contributed by atoms with Gasteiger partial charge in [-0.3, -0.25) is 19.2 Å². The Hall–Kier alpha value is -3.56. The number of aliphatic carboxylic acids is 2. The summed E-state index contributed by atoms with van der Waals surface area (Å²) in [5.74, 6) is -5.09. The van der Waals surface area contributed by atoms with Gasteiger partial charge in [-0.1, -0.05) is 6.42 Å². The van der Waals surface area contributed by atoms with Crippen LogP contribution in [-0.2, 0) is 30.4 Å². The summed E-state index contributed by atoms with van der Waals surface area (Å²) in [5.41, 5.74) is 17.2. The van der Waals surface area contributed by atoms with Crippen LogP contribution < -0.4 is 33.2 Å². The highest BCUT2D eigenvalue weighted by Gasteiger charge is 2.31. The second kappa shape index (κ2) is 17.0. The van der Waals surface area contributed by atoms with Gasteiger partial charge < -0.3 is 48.3 Å². The van der Waals surface area contributed by atoms with Crippen molar-refractivity contribution in [2.75, 3.05) is 13.1 Å². The Morgan fingerprint density at radius 3 is 1.95 bits per heavy atom. The van der Waals surface area contributed by atoms with Crippen LogP contribution in [0.1, 0.15) is 50.6 Å². The van der Waals surface area contributed by atoms with Crippen LogP contribution >= 0.6 is 0 Å². The molecule has 4 atom stereocenters. The number of carbonyl (C=O) groups is 5. The van der Waals surface area contributed by atoms with E-state index in [1.165, 1.54) is 12.5 Å². The van der Waals surface area contributed by atoms with Crippen molar-refractivity contribution in [3.05, 3.63) is 18.2 Å². The summed E-state index contributed by atoms with van der Waals surface area (Å²) in [5, 5.41) is 25.9. The highest BCUT2D eigenvalue weighted by Crippen LogP contribution is 2.06. The highest BCUT2D eigenvalue weighted by molar-refractivity contribution is 5.95. The molecule has 0 radical (unpaired) electrons. The Morgan fingerprint density at radius 2 is 1.41 bits per heavy atom. The number of carboxylic acids is 2. The smallest absolute Gasteiger partial charge is 0.326 e. The molecule has 1 aromatic rings. The van der Waals surface area contributed by atoms with Crippen LogP contribution in [-0.4, -0.2) is 87.1 Å². The first-order valence-electron chi connectivity index (χ1n) is 12.1. The van der Waals surface area contributed by atoms with Gasteiger partial charge in [0.25, 0.3) is 0 Å². The van der Waals surface area contributed by atoms with E-state index >= 15 is 0 Å². The van der Waals surface area contributed by atoms with Crippen LogP contribution in [0.4, 0.5) is 0 Å². The first-order chi connectivity index (χ1) is 17.6. The SMILES string of the molecule is NCCCCC(N)C(=O)NC(CC(=O)O)C(=O)NC(Cc1cnc[nH]1)C(=O)NC(CCCCN)C(=O)O. The van der Waals surface area contributed by atoms with Crippen molar-refractivity contribution in [2.45, 2.75) is 75.5 Å². The first kappa shape index (κ1) is 31.5. The second-order valence-electron chi connectivity index (χ2n) is 8.58. The maximum Gasteiger partial charge on any atom is 0.326 e. The van der Waals surface area contributed by atoms with Gasteiger partial charge in [-0.15, -0.1) is 0 Å². The fourth-order valence-corrected chi connectivity index (χ4v) is 3.42. The Kier molecular flexibility index (Phi) is 14.5. The molecule has 15 nitrogen and oxygen atoms in total. The van der Waals surface area contributed by atoms with Gasteiger partial charge in [-0.2, -0.15) is 0 Å². The fraction of sp³-hybridized carbons (Fsp3) is 0.636. The molecular weight excluding hydrogens is 488 g/mol. The van der Waals surface area contributed by atoms with Gasteiger partial charge >= 0.3 is 11.9 Å². The van der Waals surface area contributed by atoms with Gasteiger partial charge in [0.1, 0.15) is 18.1 Å². The molecule has 15 heteroatoms. The van der Waals surface area contributed by atoms with E-state index in [2.05, 4.69) is 25.9 Å². The Balaban J connectivity index is 3.00. The molecule has 3 amide bonds. The molecule has 12 N–H and O–H groups in total. The maximum absolute atomic E-state index is 13.0. The van der Waals surface area contributed by atoms with Crippen molar-refractivity contribution in [2.24, 2.45) is 17.2 Å². The normalized spacial score (nSPS) is 14.1. The van der Waals surface area contributed by atoms with Crippen LogP contribution in [0.3, 0.4) is 0 Å². The number of nitrogens with two attached hydrogens (primary N) is 3. The summed E-state index contributed by atoms with van der Waals surface area (Å²) in [7, 11) is 0. The van der Waals surface area contributed by atoms with Gasteiger partial charge in [0.2, 0.25) is 17.7 Å². The summed E-state index contributed by atoms with van der Waals surface area (Å²) in [6, 6.07) is -5.02. The molecule has 0 fully saturated rings. The van der Waals surface area contributed by atoms with Gasteiger partial charge in [0.15, 0.2) is 0 Å². The van der Waals surface area contributed by atoms with Gasteiger partial charge in [-0.05, 0) is 45.2 Å². The molecule has 37 heavy (non-hydrogen) atoms. The predicted octanol–water partition coefficient (Wildman–Crippen LogP) is -2.45. The lowest BCUT2D eigenvalue weighted by molar-refractivity contribution is -0.143. The predicted molar refractivity (Wildman–Crippen MR) is 132 cm³/mol. The molecule has 0 aliphatic rings. The summed E-state index contributed by atoms with van der Waals surface area (Å²) >= 11 is 0. The third-order valence-electron chi connectivity index (χ3n) is 5.49. The number of aromatic nitrogens is 2. The number of nitrogens with one attached hydrogen (secondary N) is 4. The molecule has 4 unspecified atom stereocenters. The Bertz CT molecular complexity index is 880. The molecule has 0 aliphatic heterocycles. The van der Waals surface area contributed by atoms with E-state index in [9.17, 15) is 34.2 Å². The topological polar surface area (TPSA) is 269 Å². The van der Waals surface area contributed by atoms with Crippen molar-refractivity contribution in [3.63, 3.8) is 0 Å². The number of aromatic amines is 1. The van der Waals surface area contributed by atoms with Crippen molar-refractivity contribution in [1.29, 1.82) is 0 Å². The summed E-state index contributed by atoms with van der Waals surface area (Å²) in [6.45, 7) is 0.792. The number of carbonyl (C=O) groups excluding carboxylic acids is 3. The average molecular weight is 527 g/mol. The molecule has 0 spiro atoms. The van der Waals surface area contributed by atoms with E-state index in [1.807, 2.05) is 0 Å². The lowest BCUT2D eigenvalue weighted by Crippen LogP contribution is -2.58.